The van der Waals surface area contributed by atoms with Crippen molar-refractivity contribution in [3.05, 3.63) is 0 Å². The van der Waals surface area contributed by atoms with E-state index in [0.29, 0.717) is 6.42 Å². The van der Waals surface area contributed by atoms with Gasteiger partial charge in [-0.15, -0.1) is 0 Å². The topological polar surface area (TPSA) is 171 Å². The molecule has 0 unspecified atom stereocenters. The van der Waals surface area contributed by atoms with E-state index in [1.165, 1.54) is 0 Å². The number of carboxylic acid groups (broad SMARTS) is 1. The molecule has 0 saturated heterocycles. The second-order valence-corrected chi connectivity index (χ2v) is 6.03. The lowest BCUT2D eigenvalue weighted by Crippen LogP contribution is -2.22. The fourth-order valence-corrected chi connectivity index (χ4v) is 2.07. The lowest BCUT2D eigenvalue weighted by molar-refractivity contribution is -0.146. The van der Waals surface area contributed by atoms with Crippen molar-refractivity contribution in [3.63, 3.8) is 0 Å². The second kappa shape index (κ2) is 8.08. The van der Waals surface area contributed by atoms with Gasteiger partial charge in [-0.05, 0) is 12.8 Å². The highest BCUT2D eigenvalue weighted by Gasteiger charge is 2.27. The van der Waals surface area contributed by atoms with Crippen molar-refractivity contribution in [2.45, 2.75) is 31.8 Å². The van der Waals surface area contributed by atoms with Crippen molar-refractivity contribution in [1.29, 1.82) is 0 Å². The number of rotatable bonds is 10. The summed E-state index contributed by atoms with van der Waals surface area (Å²) in [6.45, 7) is -0.193. The van der Waals surface area contributed by atoms with Crippen LogP contribution in [0.5, 0.6) is 0 Å². The molecule has 0 heterocycles. The Morgan fingerprint density at radius 3 is 2.00 bits per heavy atom. The summed E-state index contributed by atoms with van der Waals surface area (Å²) in [5.41, 5.74) is 0. The molecule has 0 saturated carbocycles. The first-order chi connectivity index (χ1) is 8.51. The van der Waals surface area contributed by atoms with Crippen LogP contribution in [0.2, 0.25) is 0 Å². The van der Waals surface area contributed by atoms with Crippen molar-refractivity contribution in [3.8, 4) is 0 Å². The first kappa shape index (κ1) is 18.7. The number of phosphoric ester groups is 2. The molecule has 19 heavy (non-hydrogen) atoms. The minimum atomic E-state index is -4.87. The van der Waals surface area contributed by atoms with Gasteiger partial charge in [0.25, 0.3) is 0 Å². The number of hydrogen-bond acceptors (Lipinski definition) is 5. The summed E-state index contributed by atoms with van der Waals surface area (Å²) in [7, 11) is -9.37. The fraction of sp³-hybridized carbons (Fsp3) is 0.857. The predicted molar refractivity (Wildman–Crippen MR) is 61.0 cm³/mol. The average molecular weight is 322 g/mol. The van der Waals surface area contributed by atoms with Gasteiger partial charge in [0.15, 0.2) is 6.10 Å². The number of hydrogen-bond donors (Lipinski definition) is 5. The number of aliphatic carboxylic acids is 1. The monoisotopic (exact) mass is 322 g/mol. The van der Waals surface area contributed by atoms with E-state index in [0.717, 1.165) is 0 Å². The third kappa shape index (κ3) is 12.5. The van der Waals surface area contributed by atoms with Crippen LogP contribution in [0, 0.1) is 0 Å². The van der Waals surface area contributed by atoms with Crippen LogP contribution < -0.4 is 0 Å². The maximum atomic E-state index is 10.6. The predicted octanol–water partition coefficient (Wildman–Crippen LogP) is 0.219. The quantitative estimate of drug-likeness (QED) is 0.277. The van der Waals surface area contributed by atoms with Crippen LogP contribution in [0.25, 0.3) is 0 Å². The Kier molecular flexibility index (Phi) is 7.95. The van der Waals surface area contributed by atoms with Gasteiger partial charge < -0.3 is 24.7 Å². The molecule has 0 amide bonds. The highest BCUT2D eigenvalue weighted by molar-refractivity contribution is 7.46. The summed E-state index contributed by atoms with van der Waals surface area (Å²) in [6, 6.07) is 0. The van der Waals surface area contributed by atoms with Gasteiger partial charge >= 0.3 is 21.6 Å². The van der Waals surface area contributed by atoms with Crippen molar-refractivity contribution in [1.82, 2.24) is 0 Å². The first-order valence-corrected chi connectivity index (χ1v) is 8.24. The lowest BCUT2D eigenvalue weighted by atomic mass is 10.1. The molecule has 10 nitrogen and oxygen atoms in total. The molecular formula is C7H16O10P2. The lowest BCUT2D eigenvalue weighted by Gasteiger charge is -2.13. The average Bonchev–Trinajstić information content (AvgIpc) is 2.17. The minimum Gasteiger partial charge on any atom is -0.479 e. The van der Waals surface area contributed by atoms with E-state index in [4.69, 9.17) is 24.7 Å². The van der Waals surface area contributed by atoms with Gasteiger partial charge in [0.2, 0.25) is 0 Å². The third-order valence-corrected chi connectivity index (χ3v) is 2.96. The van der Waals surface area contributed by atoms with E-state index in [-0.39, 0.29) is 25.9 Å². The molecule has 0 spiro atoms. The number of carboxylic acids is 1. The number of unbranched alkanes of at least 4 members (excludes halogenated alkanes) is 2. The molecular weight excluding hydrogens is 306 g/mol. The van der Waals surface area contributed by atoms with Crippen LogP contribution in [0.1, 0.15) is 25.7 Å². The van der Waals surface area contributed by atoms with Crippen LogP contribution in [0.15, 0.2) is 0 Å². The number of carbonyl (C=O) groups is 1. The minimum absolute atomic E-state index is 0.129. The van der Waals surface area contributed by atoms with Crippen molar-refractivity contribution >= 4 is 21.6 Å². The van der Waals surface area contributed by atoms with Gasteiger partial charge in [0, 0.05) is 0 Å². The van der Waals surface area contributed by atoms with Crippen LogP contribution in [-0.2, 0) is 23.0 Å². The Balaban J connectivity index is 3.86. The molecule has 114 valence electrons. The van der Waals surface area contributed by atoms with Crippen LogP contribution in [0.3, 0.4) is 0 Å². The van der Waals surface area contributed by atoms with Gasteiger partial charge in [-0.1, -0.05) is 12.8 Å². The van der Waals surface area contributed by atoms with Gasteiger partial charge in [0.1, 0.15) is 0 Å². The van der Waals surface area contributed by atoms with Gasteiger partial charge in [-0.3, -0.25) is 9.05 Å². The molecule has 0 aliphatic heterocycles. The zero-order chi connectivity index (χ0) is 15.1. The largest absolute Gasteiger partial charge is 0.479 e. The molecule has 0 radical (unpaired) electrons. The molecule has 0 aromatic heterocycles. The van der Waals surface area contributed by atoms with Crippen molar-refractivity contribution < 1.29 is 47.7 Å². The van der Waals surface area contributed by atoms with E-state index in [2.05, 4.69) is 9.05 Å². The van der Waals surface area contributed by atoms with E-state index >= 15 is 0 Å². The summed E-state index contributed by atoms with van der Waals surface area (Å²) in [6.07, 6.45) is -0.858. The van der Waals surface area contributed by atoms with Crippen molar-refractivity contribution in [2.75, 3.05) is 6.61 Å². The van der Waals surface area contributed by atoms with E-state index in [1.54, 1.807) is 0 Å². The van der Waals surface area contributed by atoms with Crippen LogP contribution in [0.4, 0.5) is 0 Å². The summed E-state index contributed by atoms with van der Waals surface area (Å²) >= 11 is 0. The third-order valence-electron chi connectivity index (χ3n) is 1.91. The van der Waals surface area contributed by atoms with E-state index < -0.39 is 27.7 Å². The fourth-order valence-electron chi connectivity index (χ4n) is 1.18. The van der Waals surface area contributed by atoms with Crippen LogP contribution in [-0.4, -0.2) is 43.4 Å². The standard InChI is InChI=1S/C7H16O10P2/c8-7(9)6(17-19(13,14)15)4-2-1-3-5-16-18(10,11)12/h6H,1-5H2,(H,8,9)(H2,10,11,12)(H2,13,14,15)/t6-/m1/s1. The Morgan fingerprint density at radius 1 is 1.00 bits per heavy atom. The van der Waals surface area contributed by atoms with Crippen LogP contribution >= 0.6 is 15.6 Å². The molecule has 0 aromatic carbocycles. The summed E-state index contributed by atoms with van der Waals surface area (Å²) in [4.78, 5) is 44.3. The molecule has 5 N–H and O–H groups in total. The first-order valence-electron chi connectivity index (χ1n) is 5.18. The summed E-state index contributed by atoms with van der Waals surface area (Å²) < 4.78 is 29.0. The zero-order valence-corrected chi connectivity index (χ0v) is 11.6. The molecule has 1 atom stereocenters. The smallest absolute Gasteiger partial charge is 0.470 e. The maximum absolute atomic E-state index is 10.6. The summed E-state index contributed by atoms with van der Waals surface area (Å²) in [5.74, 6) is -1.49. The summed E-state index contributed by atoms with van der Waals surface area (Å²) in [5, 5.41) is 8.65. The zero-order valence-electron chi connectivity index (χ0n) is 9.78. The molecule has 0 bridgehead atoms. The Labute approximate surface area is 108 Å². The highest BCUT2D eigenvalue weighted by atomic mass is 31.2. The Bertz CT molecular complexity index is 370. The SMILES string of the molecule is O=C(O)[C@@H](CCCCCOP(=O)(O)O)OP(=O)(O)O. The Hall–Kier alpha value is -0.310. The Morgan fingerprint density at radius 2 is 1.58 bits per heavy atom. The van der Waals surface area contributed by atoms with Gasteiger partial charge in [-0.25, -0.2) is 13.9 Å². The second-order valence-electron chi connectivity index (χ2n) is 3.60. The van der Waals surface area contributed by atoms with Gasteiger partial charge in [0.05, 0.1) is 6.61 Å². The van der Waals surface area contributed by atoms with Gasteiger partial charge in [-0.2, -0.15) is 0 Å². The molecule has 0 fully saturated rings. The molecule has 0 aliphatic carbocycles. The van der Waals surface area contributed by atoms with E-state index in [9.17, 15) is 13.9 Å². The molecule has 0 aromatic rings. The van der Waals surface area contributed by atoms with Crippen molar-refractivity contribution in [2.24, 2.45) is 0 Å². The van der Waals surface area contributed by atoms with E-state index in [1.807, 2.05) is 0 Å². The molecule has 0 rings (SSSR count). The maximum Gasteiger partial charge on any atom is 0.470 e. The molecule has 0 aliphatic rings. The number of phosphoric acid groups is 2. The highest BCUT2D eigenvalue weighted by Crippen LogP contribution is 2.38. The molecule has 12 heteroatoms. The normalized spacial score (nSPS) is 14.3.